The molecule has 0 aliphatic rings. The van der Waals surface area contributed by atoms with Crippen molar-refractivity contribution in [2.45, 2.75) is 32.7 Å². The van der Waals surface area contributed by atoms with Gasteiger partial charge in [-0.15, -0.1) is 0 Å². The minimum absolute atomic E-state index is 0.0564. The lowest BCUT2D eigenvalue weighted by Crippen LogP contribution is -2.34. The fourth-order valence-corrected chi connectivity index (χ4v) is 0.720. The van der Waals surface area contributed by atoms with Crippen molar-refractivity contribution in [2.24, 2.45) is 5.73 Å². The molecule has 10 heavy (non-hydrogen) atoms. The Morgan fingerprint density at radius 1 is 1.70 bits per heavy atom. The van der Waals surface area contributed by atoms with Crippen molar-refractivity contribution < 1.29 is 4.79 Å². The number of carbonyl (C=O) groups excluding carboxylic acids is 1. The van der Waals surface area contributed by atoms with E-state index in [4.69, 9.17) is 11.1 Å². The summed E-state index contributed by atoms with van der Waals surface area (Å²) < 4.78 is 0. The largest absolute Gasteiger partial charge is 0.321 e. The predicted octanol–water partition coefficient (Wildman–Crippen LogP) is 0.723. The molecular formula is C7H14N2O. The summed E-state index contributed by atoms with van der Waals surface area (Å²) in [6, 6.07) is -0.456. The third kappa shape index (κ3) is 2.73. The smallest absolute Gasteiger partial charge is 0.192 e. The first-order chi connectivity index (χ1) is 4.59. The van der Waals surface area contributed by atoms with Crippen LogP contribution in [0.2, 0.25) is 0 Å². The molecule has 0 amide bonds. The summed E-state index contributed by atoms with van der Waals surface area (Å²) in [5.74, 6) is -0.234. The van der Waals surface area contributed by atoms with E-state index in [-0.39, 0.29) is 11.5 Å². The van der Waals surface area contributed by atoms with Gasteiger partial charge in [-0.3, -0.25) is 4.79 Å². The minimum Gasteiger partial charge on any atom is -0.321 e. The lowest BCUT2D eigenvalue weighted by atomic mass is 10.1. The molecule has 3 heteroatoms. The second-order valence-electron chi connectivity index (χ2n) is 2.38. The van der Waals surface area contributed by atoms with E-state index in [9.17, 15) is 4.79 Å². The van der Waals surface area contributed by atoms with Crippen LogP contribution in [-0.2, 0) is 4.79 Å². The van der Waals surface area contributed by atoms with Crippen LogP contribution in [0.5, 0.6) is 0 Å². The van der Waals surface area contributed by atoms with Crippen LogP contribution in [-0.4, -0.2) is 17.5 Å². The summed E-state index contributed by atoms with van der Waals surface area (Å²) in [4.78, 5) is 10.9. The summed E-state index contributed by atoms with van der Waals surface area (Å²) >= 11 is 0. The van der Waals surface area contributed by atoms with Crippen molar-refractivity contribution in [3.8, 4) is 0 Å². The molecule has 0 saturated heterocycles. The third-order valence-corrected chi connectivity index (χ3v) is 1.31. The Bertz CT molecular complexity index is 143. The van der Waals surface area contributed by atoms with Crippen molar-refractivity contribution in [1.82, 2.24) is 0 Å². The number of ketones is 1. The van der Waals surface area contributed by atoms with Gasteiger partial charge in [0.2, 0.25) is 0 Å². The van der Waals surface area contributed by atoms with Gasteiger partial charge < -0.3 is 11.1 Å². The molecule has 1 unspecified atom stereocenters. The summed E-state index contributed by atoms with van der Waals surface area (Å²) in [6.07, 6.45) is 1.56. The van der Waals surface area contributed by atoms with Crippen LogP contribution in [0, 0.1) is 5.41 Å². The minimum atomic E-state index is -0.456. The van der Waals surface area contributed by atoms with Crippen LogP contribution in [0.3, 0.4) is 0 Å². The molecule has 0 aromatic rings. The number of hydrogen-bond donors (Lipinski definition) is 2. The molecule has 0 aliphatic carbocycles. The topological polar surface area (TPSA) is 66.9 Å². The quantitative estimate of drug-likeness (QED) is 0.568. The maximum atomic E-state index is 10.9. The van der Waals surface area contributed by atoms with Gasteiger partial charge in [-0.1, -0.05) is 13.3 Å². The molecule has 0 rings (SSSR count). The zero-order valence-electron chi connectivity index (χ0n) is 6.48. The van der Waals surface area contributed by atoms with E-state index < -0.39 is 6.04 Å². The lowest BCUT2D eigenvalue weighted by Gasteiger charge is -2.06. The molecule has 0 aliphatic heterocycles. The Morgan fingerprint density at radius 3 is 2.50 bits per heavy atom. The maximum Gasteiger partial charge on any atom is 0.192 e. The number of Topliss-reactive ketones (excluding diaryl/α,β-unsaturated/α-hetero) is 1. The molecule has 3 nitrogen and oxygen atoms in total. The Morgan fingerprint density at radius 2 is 2.20 bits per heavy atom. The molecule has 0 aromatic carbocycles. The van der Waals surface area contributed by atoms with Crippen LogP contribution in [0.1, 0.15) is 26.7 Å². The van der Waals surface area contributed by atoms with E-state index in [0.29, 0.717) is 6.42 Å². The first-order valence-electron chi connectivity index (χ1n) is 3.44. The highest BCUT2D eigenvalue weighted by atomic mass is 16.1. The van der Waals surface area contributed by atoms with Gasteiger partial charge in [0, 0.05) is 0 Å². The van der Waals surface area contributed by atoms with Crippen molar-refractivity contribution in [3.05, 3.63) is 0 Å². The molecule has 58 valence electrons. The lowest BCUT2D eigenvalue weighted by molar-refractivity contribution is -0.114. The van der Waals surface area contributed by atoms with Gasteiger partial charge in [-0.25, -0.2) is 0 Å². The van der Waals surface area contributed by atoms with Crippen LogP contribution < -0.4 is 5.73 Å². The van der Waals surface area contributed by atoms with Crippen LogP contribution in [0.25, 0.3) is 0 Å². The second kappa shape index (κ2) is 4.17. The van der Waals surface area contributed by atoms with Crippen molar-refractivity contribution in [1.29, 1.82) is 5.41 Å². The summed E-state index contributed by atoms with van der Waals surface area (Å²) in [5.41, 5.74) is 5.49. The van der Waals surface area contributed by atoms with Crippen molar-refractivity contribution in [2.75, 3.05) is 0 Å². The highest BCUT2D eigenvalue weighted by molar-refractivity contribution is 6.39. The van der Waals surface area contributed by atoms with E-state index >= 15 is 0 Å². The number of carbonyl (C=O) groups is 1. The van der Waals surface area contributed by atoms with Gasteiger partial charge in [0.15, 0.2) is 5.78 Å². The molecule has 0 fully saturated rings. The molecule has 0 aromatic heterocycles. The zero-order chi connectivity index (χ0) is 8.15. The van der Waals surface area contributed by atoms with Crippen LogP contribution in [0.4, 0.5) is 0 Å². The zero-order valence-corrected chi connectivity index (χ0v) is 6.48. The summed E-state index contributed by atoms with van der Waals surface area (Å²) in [7, 11) is 0. The maximum absolute atomic E-state index is 10.9. The Kier molecular flexibility index (Phi) is 3.88. The van der Waals surface area contributed by atoms with E-state index in [1.807, 2.05) is 6.92 Å². The van der Waals surface area contributed by atoms with Gasteiger partial charge in [-0.05, 0) is 13.3 Å². The van der Waals surface area contributed by atoms with E-state index in [2.05, 4.69) is 0 Å². The summed E-state index contributed by atoms with van der Waals surface area (Å²) in [6.45, 7) is 3.43. The Hall–Kier alpha value is -0.700. The fourth-order valence-electron chi connectivity index (χ4n) is 0.720. The van der Waals surface area contributed by atoms with Crippen molar-refractivity contribution >= 4 is 11.5 Å². The third-order valence-electron chi connectivity index (χ3n) is 1.31. The van der Waals surface area contributed by atoms with Gasteiger partial charge in [-0.2, -0.15) is 0 Å². The number of hydrogen-bond acceptors (Lipinski definition) is 3. The molecular weight excluding hydrogens is 128 g/mol. The molecule has 0 radical (unpaired) electrons. The van der Waals surface area contributed by atoms with Crippen LogP contribution >= 0.6 is 0 Å². The first kappa shape index (κ1) is 9.30. The summed E-state index contributed by atoms with van der Waals surface area (Å²) in [5, 5.41) is 6.98. The predicted molar refractivity (Wildman–Crippen MR) is 41.3 cm³/mol. The highest BCUT2D eigenvalue weighted by Gasteiger charge is 2.13. The second-order valence-corrected chi connectivity index (χ2v) is 2.38. The average molecular weight is 142 g/mol. The standard InChI is InChI=1S/C7H14N2O/c1-3-4-6(9)7(10)5(2)8/h6,8H,3-4,9H2,1-2H3. The average Bonchev–Trinajstić information content (AvgIpc) is 1.87. The van der Waals surface area contributed by atoms with Crippen molar-refractivity contribution in [3.63, 3.8) is 0 Å². The number of rotatable bonds is 4. The monoisotopic (exact) mass is 142 g/mol. The fraction of sp³-hybridized carbons (Fsp3) is 0.714. The molecule has 0 saturated carbocycles. The van der Waals surface area contributed by atoms with Gasteiger partial charge in [0.1, 0.15) is 0 Å². The Labute approximate surface area is 61.1 Å². The van der Waals surface area contributed by atoms with Crippen LogP contribution in [0.15, 0.2) is 0 Å². The molecule has 0 spiro atoms. The SMILES string of the molecule is CCCC(N)C(=O)C(C)=N. The Balaban J connectivity index is 3.82. The molecule has 1 atom stereocenters. The molecule has 0 heterocycles. The number of nitrogens with two attached hydrogens (primary N) is 1. The van der Waals surface area contributed by atoms with Gasteiger partial charge in [0.05, 0.1) is 11.8 Å². The first-order valence-corrected chi connectivity index (χ1v) is 3.44. The van der Waals surface area contributed by atoms with Gasteiger partial charge >= 0.3 is 0 Å². The van der Waals surface area contributed by atoms with E-state index in [1.165, 1.54) is 6.92 Å². The molecule has 3 N–H and O–H groups in total. The normalized spacial score (nSPS) is 12.7. The van der Waals surface area contributed by atoms with Gasteiger partial charge in [0.25, 0.3) is 0 Å². The van der Waals surface area contributed by atoms with E-state index in [0.717, 1.165) is 6.42 Å². The van der Waals surface area contributed by atoms with E-state index in [1.54, 1.807) is 0 Å². The number of nitrogens with one attached hydrogen (secondary N) is 1. The highest BCUT2D eigenvalue weighted by Crippen LogP contribution is 1.94. The molecule has 0 bridgehead atoms.